The Bertz CT molecular complexity index is 4630. The van der Waals surface area contributed by atoms with Crippen LogP contribution in [0.25, 0.3) is 11.1 Å². The highest BCUT2D eigenvalue weighted by molar-refractivity contribution is 6.06. The maximum absolute atomic E-state index is 15.6. The summed E-state index contributed by atoms with van der Waals surface area (Å²) in [7, 11) is 0. The molecule has 4 aromatic carbocycles. The lowest BCUT2D eigenvalue weighted by atomic mass is 9.90. The van der Waals surface area contributed by atoms with Crippen molar-refractivity contribution in [3.05, 3.63) is 160 Å². The maximum atomic E-state index is 15.6. The van der Waals surface area contributed by atoms with Crippen LogP contribution in [-0.2, 0) is 108 Å². The molecule has 7 rings (SSSR count). The number of aromatic nitrogens is 9. The Morgan fingerprint density at radius 3 is 1.91 bits per heavy atom. The molecule has 0 saturated carbocycles. The second-order valence-corrected chi connectivity index (χ2v) is 31.1. The van der Waals surface area contributed by atoms with Gasteiger partial charge in [-0.1, -0.05) is 116 Å². The Morgan fingerprint density at radius 1 is 0.647 bits per heavy atom. The number of carbonyl (C=O) groups is 12. The number of carboxylic acids is 1. The van der Waals surface area contributed by atoms with E-state index >= 15 is 4.39 Å². The summed E-state index contributed by atoms with van der Waals surface area (Å²) in [5.41, 5.74) is 9.13. The van der Waals surface area contributed by atoms with Gasteiger partial charge in [0.25, 0.3) is 0 Å². The number of aliphatic hydroxyl groups excluding tert-OH is 3. The summed E-state index contributed by atoms with van der Waals surface area (Å²) in [6, 6.07) is 11.1. The number of hydrogen-bond donors (Lipinski definition) is 17. The molecule has 0 saturated heterocycles. The van der Waals surface area contributed by atoms with Crippen molar-refractivity contribution in [2.24, 2.45) is 11.1 Å². The van der Waals surface area contributed by atoms with E-state index in [4.69, 9.17) is 10.5 Å². The first-order valence-corrected chi connectivity index (χ1v) is 39.0. The van der Waals surface area contributed by atoms with E-state index in [-0.39, 0.29) is 36.2 Å². The Labute approximate surface area is 687 Å². The zero-order chi connectivity index (χ0) is 87.5. The highest BCUT2D eigenvalue weighted by Crippen LogP contribution is 2.30. The number of carboxylic acid groups (broad SMARTS) is 1. The molecule has 0 aliphatic rings. The summed E-state index contributed by atoms with van der Waals surface area (Å²) in [6.45, 7) is 17.0. The Kier molecular flexibility index (Phi) is 34.4. The number of nitrogens with one attached hydrogen (secondary N) is 12. The van der Waals surface area contributed by atoms with Gasteiger partial charge in [-0.25, -0.2) is 9.37 Å². The molecule has 18 N–H and O–H groups in total. The van der Waals surface area contributed by atoms with Crippen LogP contribution >= 0.6 is 0 Å². The Balaban J connectivity index is 1.04. The van der Waals surface area contributed by atoms with Crippen molar-refractivity contribution in [1.29, 1.82) is 0 Å². The fourth-order valence-corrected chi connectivity index (χ4v) is 12.7. The number of aliphatic carboxylic acids is 1. The Morgan fingerprint density at radius 2 is 1.29 bits per heavy atom. The Hall–Kier alpha value is -12.5. The molecule has 119 heavy (non-hydrogen) atoms. The predicted octanol–water partition coefficient (Wildman–Crippen LogP) is 0.191. The number of unbranched alkanes of at least 4 members (excludes halogenated alkanes) is 1. The molecule has 11 amide bonds. The highest BCUT2D eigenvalue weighted by Gasteiger charge is 2.44. The number of aryl methyl sites for hydroxylation is 5. The third-order valence-electron chi connectivity index (χ3n) is 19.6. The number of halogens is 1. The van der Waals surface area contributed by atoms with Crippen molar-refractivity contribution in [1.82, 2.24) is 98.8 Å². The minimum atomic E-state index is -2.41. The van der Waals surface area contributed by atoms with Gasteiger partial charge in [0, 0.05) is 62.3 Å². The number of primary amides is 1. The summed E-state index contributed by atoms with van der Waals surface area (Å²) >= 11 is 0. The van der Waals surface area contributed by atoms with E-state index in [2.05, 4.69) is 115 Å². The molecule has 0 bridgehead atoms. The highest BCUT2D eigenvalue weighted by atomic mass is 19.1. The van der Waals surface area contributed by atoms with E-state index < -0.39 is 175 Å². The van der Waals surface area contributed by atoms with Crippen molar-refractivity contribution in [3.63, 3.8) is 0 Å². The van der Waals surface area contributed by atoms with Gasteiger partial charge in [-0.15, -0.1) is 15.3 Å². The van der Waals surface area contributed by atoms with Crippen LogP contribution in [-0.4, -0.2) is 223 Å². The monoisotopic (exact) mass is 1650 g/mol. The molecule has 3 aromatic heterocycles. The summed E-state index contributed by atoms with van der Waals surface area (Å²) in [6.07, 6.45) is 2.25. The molecular weight excluding hydrogens is 1540 g/mol. The van der Waals surface area contributed by atoms with Crippen LogP contribution in [0.2, 0.25) is 0 Å². The molecule has 10 atom stereocenters. The first-order chi connectivity index (χ1) is 56.3. The van der Waals surface area contributed by atoms with Crippen molar-refractivity contribution in [3.8, 4) is 16.9 Å². The number of rotatable bonds is 46. The fourth-order valence-electron chi connectivity index (χ4n) is 12.7. The van der Waals surface area contributed by atoms with Crippen LogP contribution in [0.1, 0.15) is 145 Å². The van der Waals surface area contributed by atoms with Gasteiger partial charge in [0.15, 0.2) is 5.82 Å². The quantitative estimate of drug-likeness (QED) is 0.0179. The largest absolute Gasteiger partial charge is 0.494 e. The van der Waals surface area contributed by atoms with Gasteiger partial charge < -0.3 is 89.0 Å². The number of aromatic amines is 2. The smallest absolute Gasteiger partial charge is 0.305 e. The lowest BCUT2D eigenvalue weighted by molar-refractivity contribution is -0.143. The van der Waals surface area contributed by atoms with E-state index in [1.54, 1.807) is 30.5 Å². The second-order valence-electron chi connectivity index (χ2n) is 31.1. The van der Waals surface area contributed by atoms with Crippen molar-refractivity contribution < 1.29 is 87.1 Å². The van der Waals surface area contributed by atoms with Gasteiger partial charge in [-0.2, -0.15) is 5.21 Å². The molecule has 0 radical (unpaired) electrons. The van der Waals surface area contributed by atoms with Gasteiger partial charge >= 0.3 is 5.97 Å². The number of aliphatic hydroxyl groups is 3. The van der Waals surface area contributed by atoms with E-state index in [0.29, 0.717) is 55.8 Å². The molecule has 0 spiro atoms. The van der Waals surface area contributed by atoms with Crippen LogP contribution in [0.3, 0.4) is 0 Å². The number of H-pyrrole nitrogens is 2. The number of nitrogens with two attached hydrogens (primary N) is 1. The minimum absolute atomic E-state index is 0.0659. The average molecular weight is 1650 g/mol. The van der Waals surface area contributed by atoms with Crippen molar-refractivity contribution >= 4 is 70.9 Å². The van der Waals surface area contributed by atoms with Gasteiger partial charge in [0.1, 0.15) is 64.8 Å². The van der Waals surface area contributed by atoms with E-state index in [0.717, 1.165) is 78.8 Å². The second kappa shape index (κ2) is 43.7. The summed E-state index contributed by atoms with van der Waals surface area (Å²) in [5, 5.41) is 88.6. The summed E-state index contributed by atoms with van der Waals surface area (Å²) in [4.78, 5) is 174. The molecule has 10 unspecified atom stereocenters. The first kappa shape index (κ1) is 93.7. The SMILES string of the molecule is CCc1cc(OCCCCn2cc(C(C)(C)C)nn2)ccc1-c1ccc(CC(NC(=O)C(CC(=O)O)NC(=O)C(CO)NC(=O)C(NC(=O)C(C)(Cc2ccccc2F)NC(=O)C(NC(=O)CNC(=O)C(Cc2nn[nH]n2)NC(=O)C(C)(C)C(=O)NCCc2cnc[nH]2)C(C)O)C(C)O)C(=O)NC(CCCc2cc(C)cc(C)c2)C(N)=O)cc1. The summed E-state index contributed by atoms with van der Waals surface area (Å²) in [5.74, 6) is -14.2. The number of carbonyl (C=O) groups excluding carboxylic acids is 11. The van der Waals surface area contributed by atoms with Crippen LogP contribution in [0.5, 0.6) is 5.75 Å². The molecule has 3 heterocycles. The first-order valence-electron chi connectivity index (χ1n) is 39.0. The van der Waals surface area contributed by atoms with Gasteiger partial charge in [-0.3, -0.25) is 62.2 Å². The molecule has 37 nitrogen and oxygen atoms in total. The molecule has 0 fully saturated rings. The van der Waals surface area contributed by atoms with Crippen LogP contribution < -0.4 is 63.6 Å². The van der Waals surface area contributed by atoms with Gasteiger partial charge in [0.2, 0.25) is 65.0 Å². The van der Waals surface area contributed by atoms with Crippen LogP contribution in [0, 0.1) is 25.1 Å². The third kappa shape index (κ3) is 28.4. The third-order valence-corrected chi connectivity index (χ3v) is 19.6. The molecule has 7 aromatic rings. The summed E-state index contributed by atoms with van der Waals surface area (Å²) < 4.78 is 23.5. The molecule has 0 aliphatic heterocycles. The normalized spacial score (nSPS) is 14.3. The maximum Gasteiger partial charge on any atom is 0.305 e. The molecular formula is C81H109FN20O17. The van der Waals surface area contributed by atoms with Gasteiger partial charge in [0.05, 0.1) is 50.4 Å². The predicted molar refractivity (Wildman–Crippen MR) is 429 cm³/mol. The molecule has 38 heteroatoms. The van der Waals surface area contributed by atoms with Crippen LogP contribution in [0.4, 0.5) is 4.39 Å². The van der Waals surface area contributed by atoms with Crippen LogP contribution in [0.15, 0.2) is 104 Å². The number of benzene rings is 4. The molecule has 642 valence electrons. The fraction of sp³-hybridized carbons (Fsp3) is 0.481. The number of ether oxygens (including phenoxy) is 1. The van der Waals surface area contributed by atoms with E-state index in [9.17, 15) is 78.0 Å². The lowest BCUT2D eigenvalue weighted by Gasteiger charge is -2.34. The molecule has 0 aliphatic carbocycles. The lowest BCUT2D eigenvalue weighted by Crippen LogP contribution is -2.67. The van der Waals surface area contributed by atoms with Gasteiger partial charge in [-0.05, 0) is 139 Å². The zero-order valence-electron chi connectivity index (χ0n) is 68.5. The van der Waals surface area contributed by atoms with Crippen molar-refractivity contribution in [2.75, 3.05) is 26.3 Å². The minimum Gasteiger partial charge on any atom is -0.494 e. The average Bonchev–Trinajstić information content (AvgIpc) is 1.07. The topological polar surface area (TPSA) is 555 Å². The zero-order valence-corrected chi connectivity index (χ0v) is 68.5. The number of amides is 11. The number of nitrogens with zero attached hydrogens (tertiary/aromatic N) is 7. The van der Waals surface area contributed by atoms with E-state index in [1.807, 2.05) is 68.0 Å². The number of tetrazole rings is 1. The number of hydrogen-bond acceptors (Lipinski definition) is 22. The number of imidazole rings is 1. The standard InChI is InChI=1S/C81H109FN20O17/c1-12-51-36-55(119-31-16-15-30-102-42-63(96-101-102)79(6,7)8)26-27-56(51)52-24-22-49(23-25-52)35-59(71(111)88-58(69(83)109)21-17-18-50-33-45(2)32-46(3)34-50)89-72(112)61(38-66(107)108)90-73(113)62(43-103)91-74(114)67(47(4)104)94-78(118)81(11,39-53-19-13-14-20-57(53)82)95-75(115)68(48(5)105)93-65(106)41-86-70(110)60(37-64-97-99-100-98-64)92-77(117)80(9,10)76(116)85-29-28-54-40-84-44-87-54/h13-14,19-20,22-27,32-34,36,40,42,44,47-48,58-62,67-68,103-105H,12,15-18,21,28-31,35,37-39,41,43H2,1-11H3,(H2,83,109)(H,84,87)(H,85,116)(H,86,110)(H,88,111)(H,89,112)(H,90,113)(H,91,114)(H,92,117)(H,93,106)(H,94,118)(H,95,115)(H,107,108)(H,97,98,99,100). The van der Waals surface area contributed by atoms with E-state index in [1.165, 1.54) is 38.4 Å². The van der Waals surface area contributed by atoms with Crippen molar-refractivity contribution in [2.45, 2.75) is 219 Å².